The summed E-state index contributed by atoms with van der Waals surface area (Å²) in [6, 6.07) is 0.245. The molecule has 4 N–H and O–H groups in total. The van der Waals surface area contributed by atoms with Crippen LogP contribution in [0, 0.1) is 63.6 Å². The molecule has 4 bridgehead atoms. The zero-order valence-corrected chi connectivity index (χ0v) is 35.1. The Balaban J connectivity index is 1.12. The lowest BCUT2D eigenvalue weighted by Gasteiger charge is -2.62. The van der Waals surface area contributed by atoms with Crippen molar-refractivity contribution in [3.8, 4) is 0 Å². The van der Waals surface area contributed by atoms with Gasteiger partial charge in [-0.25, -0.2) is 4.98 Å². The molecule has 9 heteroatoms. The summed E-state index contributed by atoms with van der Waals surface area (Å²) >= 11 is 0. The topological polar surface area (TPSA) is 116 Å². The molecule has 300 valence electrons. The average molecular weight is 789 g/mol. The summed E-state index contributed by atoms with van der Waals surface area (Å²) in [5, 5.41) is 49.0. The predicted octanol–water partition coefficient (Wildman–Crippen LogP) is 8.26. The van der Waals surface area contributed by atoms with Crippen LogP contribution < -0.4 is 0 Å². The lowest BCUT2D eigenvalue weighted by molar-refractivity contribution is -0.160. The third-order valence-corrected chi connectivity index (χ3v) is 20.7. The first-order valence-electron chi connectivity index (χ1n) is 22.0. The fourth-order valence-electron chi connectivity index (χ4n) is 15.8. The van der Waals surface area contributed by atoms with Gasteiger partial charge in [-0.05, 0) is 130 Å². The van der Waals surface area contributed by atoms with Crippen molar-refractivity contribution in [2.45, 2.75) is 148 Å². The maximum absolute atomic E-state index is 14.2. The summed E-state index contributed by atoms with van der Waals surface area (Å²) < 4.78 is 2.31. The predicted molar refractivity (Wildman–Crippen MR) is 219 cm³/mol. The van der Waals surface area contributed by atoms with E-state index in [1.165, 1.54) is 38.5 Å². The third-order valence-electron chi connectivity index (χ3n) is 18.1. The highest BCUT2D eigenvalue weighted by atomic mass is 33.1. The van der Waals surface area contributed by atoms with Crippen molar-refractivity contribution in [1.29, 1.82) is 0 Å². The molecule has 1 aliphatic heterocycles. The molecule has 1 aromatic rings. The van der Waals surface area contributed by atoms with Crippen molar-refractivity contribution in [2.24, 2.45) is 63.6 Å². The Bertz CT molecular complexity index is 1820. The smallest absolute Gasteiger partial charge is 0.159 e. The van der Waals surface area contributed by atoms with Gasteiger partial charge in [0.1, 0.15) is 0 Å². The van der Waals surface area contributed by atoms with Gasteiger partial charge in [-0.2, -0.15) is 0 Å². The molecular formula is C46H64N2O5S2. The molecule has 1 aromatic heterocycles. The molecule has 2 heterocycles. The summed E-state index contributed by atoms with van der Waals surface area (Å²) in [6.07, 6.45) is 19.4. The van der Waals surface area contributed by atoms with Crippen molar-refractivity contribution < 1.29 is 25.2 Å². The van der Waals surface area contributed by atoms with Crippen molar-refractivity contribution >= 4 is 27.4 Å². The monoisotopic (exact) mass is 788 g/mol. The van der Waals surface area contributed by atoms with E-state index in [2.05, 4.69) is 43.4 Å². The van der Waals surface area contributed by atoms with Crippen LogP contribution in [0.3, 0.4) is 0 Å². The number of allylic oxidation sites excluding steroid dienone is 3. The van der Waals surface area contributed by atoms with Crippen LogP contribution in [0.2, 0.25) is 0 Å². The first kappa shape index (κ1) is 37.9. The molecule has 0 radical (unpaired) electrons. The summed E-state index contributed by atoms with van der Waals surface area (Å²) in [5.41, 5.74) is 5.18. The lowest BCUT2D eigenvalue weighted by Crippen LogP contribution is -2.63. The van der Waals surface area contributed by atoms with Crippen molar-refractivity contribution in [1.82, 2.24) is 9.55 Å². The molecule has 15 atom stereocenters. The summed E-state index contributed by atoms with van der Waals surface area (Å²) in [5.74, 6) is 2.60. The molecule has 1 saturated heterocycles. The largest absolute Gasteiger partial charge is 0.392 e. The minimum Gasteiger partial charge on any atom is -0.392 e. The number of carbonyl (C=O) groups excluding carboxylic acids is 1. The Morgan fingerprint density at radius 3 is 2.47 bits per heavy atom. The number of aliphatic hydroxyl groups excluding tert-OH is 3. The van der Waals surface area contributed by atoms with E-state index in [4.69, 9.17) is 0 Å². The number of nitrogens with zero attached hydrogens (tertiary/aromatic N) is 2. The second-order valence-corrected chi connectivity index (χ2v) is 23.5. The van der Waals surface area contributed by atoms with E-state index in [-0.39, 0.29) is 59.2 Å². The van der Waals surface area contributed by atoms with Crippen molar-refractivity contribution in [2.75, 3.05) is 11.5 Å². The van der Waals surface area contributed by atoms with Crippen molar-refractivity contribution in [3.05, 3.63) is 52.7 Å². The number of aromatic nitrogens is 2. The SMILES string of the molecule is CC1(C)CC(n2ccnc2)CSSCC2CC(C3CC4CCCC5=C4C(C1=C1CCCCC51)C3O)C1(C)CCC3C(=CC(=O)C4CC(O)C(O)CC43C)C21O. The van der Waals surface area contributed by atoms with Gasteiger partial charge in [-0.15, -0.1) is 0 Å². The lowest BCUT2D eigenvalue weighted by atomic mass is 9.44. The standard InChI is InChI=1S/C46H64N2O5S2/c1-43(2)20-27(48-15-14-47-24-48)23-55-54-22-26-17-33(31-16-25-8-7-11-29-28-9-5-6-10-30(28)41(43)40(39(25)29)42(31)52)45(4)13-12-32-34(46(26,45)53)18-36(49)35-19-37(50)38(51)21-44(32,35)3/h14-15,18,24-28,31-33,35,37-38,40,42,50-53H,5-13,16-17,19-23H2,1-4H3. The molecule has 7 nitrogen and oxygen atoms in total. The molecule has 15 unspecified atom stereocenters. The highest BCUT2D eigenvalue weighted by Gasteiger charge is 2.71. The van der Waals surface area contributed by atoms with Gasteiger partial charge >= 0.3 is 0 Å². The Morgan fingerprint density at radius 2 is 1.67 bits per heavy atom. The number of ketones is 1. The van der Waals surface area contributed by atoms with E-state index < -0.39 is 34.7 Å². The van der Waals surface area contributed by atoms with E-state index in [9.17, 15) is 25.2 Å². The van der Waals surface area contributed by atoms with Crippen LogP contribution in [0.25, 0.3) is 0 Å². The van der Waals surface area contributed by atoms with Gasteiger partial charge in [0.2, 0.25) is 0 Å². The van der Waals surface area contributed by atoms with E-state index in [0.717, 1.165) is 55.6 Å². The fourth-order valence-corrected chi connectivity index (χ4v) is 18.5. The van der Waals surface area contributed by atoms with E-state index >= 15 is 0 Å². The molecule has 0 amide bonds. The maximum Gasteiger partial charge on any atom is 0.159 e. The van der Waals surface area contributed by atoms with Crippen LogP contribution in [0.15, 0.2) is 52.7 Å². The molecule has 5 saturated carbocycles. The molecule has 8 aliphatic carbocycles. The van der Waals surface area contributed by atoms with Crippen LogP contribution in [0.1, 0.15) is 124 Å². The quantitative estimate of drug-likeness (QED) is 0.166. The number of hydrogen-bond donors (Lipinski definition) is 4. The summed E-state index contributed by atoms with van der Waals surface area (Å²) in [7, 11) is 3.81. The Hall–Kier alpha value is -1.36. The molecule has 0 aromatic carbocycles. The van der Waals surface area contributed by atoms with Gasteiger partial charge in [0, 0.05) is 59.0 Å². The molecule has 0 spiro atoms. The minimum absolute atomic E-state index is 0.0145. The van der Waals surface area contributed by atoms with Crippen LogP contribution >= 0.6 is 21.6 Å². The normalized spacial score (nSPS) is 49.2. The highest BCUT2D eigenvalue weighted by molar-refractivity contribution is 8.76. The van der Waals surface area contributed by atoms with E-state index in [1.807, 2.05) is 40.2 Å². The number of carbonyl (C=O) groups is 1. The molecule has 55 heavy (non-hydrogen) atoms. The van der Waals surface area contributed by atoms with E-state index in [1.54, 1.807) is 22.3 Å². The Morgan fingerprint density at radius 1 is 0.873 bits per heavy atom. The zero-order chi connectivity index (χ0) is 38.2. The Kier molecular flexibility index (Phi) is 9.18. The van der Waals surface area contributed by atoms with Crippen LogP contribution in [-0.4, -0.2) is 71.2 Å². The first-order chi connectivity index (χ1) is 26.3. The van der Waals surface area contributed by atoms with Gasteiger partial charge in [-0.1, -0.05) is 78.0 Å². The number of hydrogen-bond acceptors (Lipinski definition) is 8. The van der Waals surface area contributed by atoms with Crippen LogP contribution in [0.4, 0.5) is 0 Å². The van der Waals surface area contributed by atoms with Crippen LogP contribution in [-0.2, 0) is 4.79 Å². The van der Waals surface area contributed by atoms with Gasteiger partial charge in [0.15, 0.2) is 5.78 Å². The van der Waals surface area contributed by atoms with Crippen molar-refractivity contribution in [3.63, 3.8) is 0 Å². The number of aliphatic hydroxyl groups is 4. The minimum atomic E-state index is -1.18. The second-order valence-electron chi connectivity index (χ2n) is 20.9. The zero-order valence-electron chi connectivity index (χ0n) is 33.5. The highest BCUT2D eigenvalue weighted by Crippen LogP contribution is 2.72. The number of fused-ring (bicyclic) bond motifs is 13. The van der Waals surface area contributed by atoms with Gasteiger partial charge < -0.3 is 25.0 Å². The first-order valence-corrected chi connectivity index (χ1v) is 24.5. The van der Waals surface area contributed by atoms with Gasteiger partial charge in [0.05, 0.1) is 30.2 Å². The molecular weight excluding hydrogens is 725 g/mol. The van der Waals surface area contributed by atoms with E-state index in [0.29, 0.717) is 18.3 Å². The molecule has 10 rings (SSSR count). The fraction of sp³-hybridized carbons (Fsp3) is 0.783. The number of imidazole rings is 1. The van der Waals surface area contributed by atoms with Gasteiger partial charge in [0.25, 0.3) is 0 Å². The molecule has 9 aliphatic rings. The van der Waals surface area contributed by atoms with Gasteiger partial charge in [-0.3, -0.25) is 4.79 Å². The average Bonchev–Trinajstić information content (AvgIpc) is 3.77. The third kappa shape index (κ3) is 5.36. The Labute approximate surface area is 336 Å². The maximum atomic E-state index is 14.2. The molecule has 6 fully saturated rings. The second kappa shape index (κ2) is 13.3. The summed E-state index contributed by atoms with van der Waals surface area (Å²) in [6.45, 7) is 9.47. The number of rotatable bonds is 1. The van der Waals surface area contributed by atoms with Crippen LogP contribution in [0.5, 0.6) is 0 Å². The summed E-state index contributed by atoms with van der Waals surface area (Å²) in [4.78, 5) is 18.7.